The summed E-state index contributed by atoms with van der Waals surface area (Å²) in [5, 5.41) is 5.89. The summed E-state index contributed by atoms with van der Waals surface area (Å²) in [5.41, 5.74) is 4.41. The Morgan fingerprint density at radius 3 is 2.47 bits per heavy atom. The molecule has 0 N–H and O–H groups in total. The number of pyridine rings is 1. The van der Waals surface area contributed by atoms with Crippen molar-refractivity contribution in [3.05, 3.63) is 75.7 Å². The molecule has 0 aliphatic carbocycles. The average Bonchev–Trinajstić information content (AvgIpc) is 3.08. The third-order valence-electron chi connectivity index (χ3n) is 5.48. The zero-order valence-corrected chi connectivity index (χ0v) is 18.7. The minimum atomic E-state index is 0.680. The molecule has 3 aromatic rings. The standard InChI is InChI=1S/C23H25Cl2N5/c1-17-5-3-7-26-23(17)30-18(2)19(16-27-30)6-4-8-28-9-11-29(12-10-28)22-14-20(24)13-21(25)15-22/h3-7,13-16H,8-12H2,1-2H3/b6-4+. The molecule has 0 unspecified atom stereocenters. The Kier molecular flexibility index (Phi) is 6.42. The first-order valence-corrected chi connectivity index (χ1v) is 10.8. The summed E-state index contributed by atoms with van der Waals surface area (Å²) >= 11 is 12.3. The molecule has 1 aliphatic heterocycles. The Labute approximate surface area is 187 Å². The van der Waals surface area contributed by atoms with Crippen LogP contribution in [0.15, 0.2) is 48.8 Å². The number of aryl methyl sites for hydroxylation is 1. The van der Waals surface area contributed by atoms with Crippen molar-refractivity contribution in [2.75, 3.05) is 37.6 Å². The Hall–Kier alpha value is -2.34. The summed E-state index contributed by atoms with van der Waals surface area (Å²) in [6.07, 6.45) is 8.07. The fourth-order valence-corrected chi connectivity index (χ4v) is 4.25. The van der Waals surface area contributed by atoms with E-state index >= 15 is 0 Å². The summed E-state index contributed by atoms with van der Waals surface area (Å²) in [6, 6.07) is 9.72. The van der Waals surface area contributed by atoms with Crippen LogP contribution in [0.3, 0.4) is 0 Å². The first-order chi connectivity index (χ1) is 14.5. The SMILES string of the molecule is Cc1cccnc1-n1ncc(/C=C/CN2CCN(c3cc(Cl)cc(Cl)c3)CC2)c1C. The predicted octanol–water partition coefficient (Wildman–Crippen LogP) is 5.03. The van der Waals surface area contributed by atoms with Crippen molar-refractivity contribution in [2.24, 2.45) is 0 Å². The van der Waals surface area contributed by atoms with E-state index in [0.717, 1.165) is 61.0 Å². The van der Waals surface area contributed by atoms with Crippen LogP contribution in [0.1, 0.15) is 16.8 Å². The van der Waals surface area contributed by atoms with Crippen LogP contribution in [0.4, 0.5) is 5.69 Å². The molecule has 4 rings (SSSR count). The normalized spacial score (nSPS) is 15.3. The Balaban J connectivity index is 1.34. The fourth-order valence-electron chi connectivity index (χ4n) is 3.74. The summed E-state index contributed by atoms with van der Waals surface area (Å²) < 4.78 is 1.91. The number of piperazine rings is 1. The van der Waals surface area contributed by atoms with Gasteiger partial charge in [-0.1, -0.05) is 41.4 Å². The fraction of sp³-hybridized carbons (Fsp3) is 0.304. The number of nitrogens with zero attached hydrogens (tertiary/aromatic N) is 5. The highest BCUT2D eigenvalue weighted by molar-refractivity contribution is 6.35. The smallest absolute Gasteiger partial charge is 0.156 e. The van der Waals surface area contributed by atoms with Gasteiger partial charge in [-0.25, -0.2) is 9.67 Å². The third-order valence-corrected chi connectivity index (χ3v) is 5.91. The number of anilines is 1. The number of hydrogen-bond donors (Lipinski definition) is 0. The van der Waals surface area contributed by atoms with E-state index < -0.39 is 0 Å². The van der Waals surface area contributed by atoms with Gasteiger partial charge in [0.05, 0.1) is 11.9 Å². The highest BCUT2D eigenvalue weighted by Crippen LogP contribution is 2.26. The van der Waals surface area contributed by atoms with E-state index in [2.05, 4.69) is 51.9 Å². The van der Waals surface area contributed by atoms with Gasteiger partial charge in [0.2, 0.25) is 0 Å². The highest BCUT2D eigenvalue weighted by atomic mass is 35.5. The van der Waals surface area contributed by atoms with E-state index in [1.165, 1.54) is 0 Å². The molecule has 5 nitrogen and oxygen atoms in total. The molecular formula is C23H25Cl2N5. The molecule has 1 aliphatic rings. The van der Waals surface area contributed by atoms with Crippen molar-refractivity contribution in [1.82, 2.24) is 19.7 Å². The molecule has 30 heavy (non-hydrogen) atoms. The van der Waals surface area contributed by atoms with Crippen LogP contribution in [0.25, 0.3) is 11.9 Å². The van der Waals surface area contributed by atoms with Gasteiger partial charge in [-0.05, 0) is 43.7 Å². The molecule has 0 bridgehead atoms. The largest absolute Gasteiger partial charge is 0.369 e. The van der Waals surface area contributed by atoms with E-state index in [9.17, 15) is 0 Å². The van der Waals surface area contributed by atoms with Crippen LogP contribution in [0.2, 0.25) is 10.0 Å². The monoisotopic (exact) mass is 441 g/mol. The van der Waals surface area contributed by atoms with Gasteiger partial charge in [0.1, 0.15) is 0 Å². The average molecular weight is 442 g/mol. The molecule has 0 radical (unpaired) electrons. The van der Waals surface area contributed by atoms with Crippen molar-refractivity contribution in [3.8, 4) is 5.82 Å². The number of hydrogen-bond acceptors (Lipinski definition) is 4. The first-order valence-electron chi connectivity index (χ1n) is 10.1. The summed E-state index contributed by atoms with van der Waals surface area (Å²) in [6.45, 7) is 8.96. The van der Waals surface area contributed by atoms with Crippen LogP contribution >= 0.6 is 23.2 Å². The summed E-state index contributed by atoms with van der Waals surface area (Å²) in [7, 11) is 0. The summed E-state index contributed by atoms with van der Waals surface area (Å²) in [5.74, 6) is 0.881. The number of halogens is 2. The van der Waals surface area contributed by atoms with Crippen LogP contribution in [0, 0.1) is 13.8 Å². The molecule has 0 atom stereocenters. The van der Waals surface area contributed by atoms with Gasteiger partial charge in [-0.15, -0.1) is 0 Å². The van der Waals surface area contributed by atoms with Crippen molar-refractivity contribution >= 4 is 35.0 Å². The maximum absolute atomic E-state index is 6.15. The molecule has 0 saturated carbocycles. The predicted molar refractivity (Wildman–Crippen MR) is 125 cm³/mol. The Morgan fingerprint density at radius 1 is 1.03 bits per heavy atom. The van der Waals surface area contributed by atoms with E-state index in [4.69, 9.17) is 23.2 Å². The zero-order chi connectivity index (χ0) is 21.1. The van der Waals surface area contributed by atoms with Crippen molar-refractivity contribution in [3.63, 3.8) is 0 Å². The van der Waals surface area contributed by atoms with Crippen molar-refractivity contribution in [1.29, 1.82) is 0 Å². The molecule has 156 valence electrons. The quantitative estimate of drug-likeness (QED) is 0.556. The van der Waals surface area contributed by atoms with Crippen LogP contribution in [0.5, 0.6) is 0 Å². The minimum absolute atomic E-state index is 0.680. The second-order valence-electron chi connectivity index (χ2n) is 7.56. The second kappa shape index (κ2) is 9.21. The highest BCUT2D eigenvalue weighted by Gasteiger charge is 2.17. The molecule has 3 heterocycles. The van der Waals surface area contributed by atoms with Gasteiger partial charge >= 0.3 is 0 Å². The lowest BCUT2D eigenvalue weighted by Gasteiger charge is -2.35. The lowest BCUT2D eigenvalue weighted by molar-refractivity contribution is 0.284. The van der Waals surface area contributed by atoms with Crippen molar-refractivity contribution < 1.29 is 0 Å². The number of rotatable bonds is 5. The zero-order valence-electron chi connectivity index (χ0n) is 17.2. The Bertz CT molecular complexity index is 1030. The van der Waals surface area contributed by atoms with Crippen LogP contribution in [-0.4, -0.2) is 52.4 Å². The number of aromatic nitrogens is 3. The minimum Gasteiger partial charge on any atom is -0.369 e. The molecular weight excluding hydrogens is 417 g/mol. The Morgan fingerprint density at radius 2 is 1.77 bits per heavy atom. The van der Waals surface area contributed by atoms with E-state index in [-0.39, 0.29) is 0 Å². The lowest BCUT2D eigenvalue weighted by atomic mass is 10.2. The van der Waals surface area contributed by atoms with Crippen LogP contribution < -0.4 is 4.90 Å². The van der Waals surface area contributed by atoms with E-state index in [1.807, 2.05) is 29.1 Å². The molecule has 0 spiro atoms. The lowest BCUT2D eigenvalue weighted by Crippen LogP contribution is -2.46. The molecule has 7 heteroatoms. The molecule has 0 amide bonds. The van der Waals surface area contributed by atoms with E-state index in [1.54, 1.807) is 12.3 Å². The van der Waals surface area contributed by atoms with Gasteiger partial charge < -0.3 is 4.90 Å². The van der Waals surface area contributed by atoms with Gasteiger partial charge in [-0.3, -0.25) is 4.90 Å². The van der Waals surface area contributed by atoms with E-state index in [0.29, 0.717) is 10.0 Å². The molecule has 1 aromatic carbocycles. The van der Waals surface area contributed by atoms with Crippen molar-refractivity contribution in [2.45, 2.75) is 13.8 Å². The summed E-state index contributed by atoms with van der Waals surface area (Å²) in [4.78, 5) is 9.25. The number of benzene rings is 1. The third kappa shape index (κ3) is 4.69. The first kappa shape index (κ1) is 20.9. The van der Waals surface area contributed by atoms with Gasteiger partial charge in [-0.2, -0.15) is 5.10 Å². The second-order valence-corrected chi connectivity index (χ2v) is 8.43. The van der Waals surface area contributed by atoms with Gasteiger partial charge in [0.25, 0.3) is 0 Å². The van der Waals surface area contributed by atoms with Gasteiger partial charge in [0, 0.05) is 60.2 Å². The maximum atomic E-state index is 6.15. The molecule has 1 fully saturated rings. The molecule has 1 saturated heterocycles. The topological polar surface area (TPSA) is 37.2 Å². The molecule has 2 aromatic heterocycles. The maximum Gasteiger partial charge on any atom is 0.156 e. The van der Waals surface area contributed by atoms with Crippen LogP contribution in [-0.2, 0) is 0 Å². The van der Waals surface area contributed by atoms with Gasteiger partial charge in [0.15, 0.2) is 5.82 Å².